The third-order valence-electron chi connectivity index (χ3n) is 3.63. The molecule has 4 nitrogen and oxygen atoms in total. The van der Waals surface area contributed by atoms with Crippen molar-refractivity contribution in [2.24, 2.45) is 4.99 Å². The lowest BCUT2D eigenvalue weighted by Gasteiger charge is -2.28. The standard InChI is InChI=1S/C17H16BrIN2O2/c18-15-9-12(10-16(19)17(15)22)11-20-13-1-3-14(4-2-13)21-5-7-23-8-6-21/h1-4,9-11,22H,5-8H2. The Morgan fingerprint density at radius 3 is 2.52 bits per heavy atom. The maximum Gasteiger partial charge on any atom is 0.143 e. The molecule has 0 bridgehead atoms. The number of phenols is 1. The average Bonchev–Trinajstić information content (AvgIpc) is 2.59. The summed E-state index contributed by atoms with van der Waals surface area (Å²) in [4.78, 5) is 6.82. The number of benzene rings is 2. The molecule has 0 radical (unpaired) electrons. The van der Waals surface area contributed by atoms with Crippen LogP contribution in [0.25, 0.3) is 0 Å². The van der Waals surface area contributed by atoms with E-state index >= 15 is 0 Å². The van der Waals surface area contributed by atoms with Crippen molar-refractivity contribution in [2.45, 2.75) is 0 Å². The third kappa shape index (κ3) is 4.24. The van der Waals surface area contributed by atoms with Crippen LogP contribution in [0.2, 0.25) is 0 Å². The molecule has 23 heavy (non-hydrogen) atoms. The van der Waals surface area contributed by atoms with E-state index in [1.54, 1.807) is 6.21 Å². The van der Waals surface area contributed by atoms with Crippen molar-refractivity contribution in [1.29, 1.82) is 0 Å². The molecule has 1 heterocycles. The molecule has 120 valence electrons. The largest absolute Gasteiger partial charge is 0.506 e. The van der Waals surface area contributed by atoms with Crippen LogP contribution in [0.5, 0.6) is 5.75 Å². The second kappa shape index (κ2) is 7.63. The number of hydrogen-bond donors (Lipinski definition) is 1. The highest BCUT2D eigenvalue weighted by Crippen LogP contribution is 2.30. The lowest BCUT2D eigenvalue weighted by molar-refractivity contribution is 0.122. The SMILES string of the molecule is Oc1c(Br)cc(C=Nc2ccc(N3CCOCC3)cc2)cc1I. The van der Waals surface area contributed by atoms with E-state index < -0.39 is 0 Å². The van der Waals surface area contributed by atoms with Crippen LogP contribution in [0.3, 0.4) is 0 Å². The van der Waals surface area contributed by atoms with Gasteiger partial charge in [-0.05, 0) is 80.5 Å². The van der Waals surface area contributed by atoms with E-state index in [-0.39, 0.29) is 5.75 Å². The lowest BCUT2D eigenvalue weighted by atomic mass is 10.2. The first-order chi connectivity index (χ1) is 11.1. The molecule has 0 unspecified atom stereocenters. The molecule has 3 rings (SSSR count). The van der Waals surface area contributed by atoms with Gasteiger partial charge in [-0.15, -0.1) is 0 Å². The summed E-state index contributed by atoms with van der Waals surface area (Å²) >= 11 is 5.45. The summed E-state index contributed by atoms with van der Waals surface area (Å²) < 4.78 is 6.84. The van der Waals surface area contributed by atoms with Gasteiger partial charge in [-0.25, -0.2) is 0 Å². The van der Waals surface area contributed by atoms with E-state index in [2.05, 4.69) is 60.5 Å². The molecule has 2 aromatic carbocycles. The van der Waals surface area contributed by atoms with E-state index in [9.17, 15) is 5.11 Å². The summed E-state index contributed by atoms with van der Waals surface area (Å²) in [5, 5.41) is 9.76. The van der Waals surface area contributed by atoms with E-state index in [0.717, 1.165) is 41.1 Å². The van der Waals surface area contributed by atoms with Gasteiger partial charge in [0.1, 0.15) is 5.75 Å². The average molecular weight is 487 g/mol. The maximum absolute atomic E-state index is 9.76. The number of aliphatic imine (C=N–C) groups is 1. The third-order valence-corrected chi connectivity index (χ3v) is 5.05. The summed E-state index contributed by atoms with van der Waals surface area (Å²) in [6.45, 7) is 3.44. The second-order valence-corrected chi connectivity index (χ2v) is 7.22. The highest BCUT2D eigenvalue weighted by Gasteiger charge is 2.10. The maximum atomic E-state index is 9.76. The van der Waals surface area contributed by atoms with Gasteiger partial charge in [-0.3, -0.25) is 4.99 Å². The number of aromatic hydroxyl groups is 1. The van der Waals surface area contributed by atoms with Gasteiger partial charge in [0.2, 0.25) is 0 Å². The van der Waals surface area contributed by atoms with Crippen molar-refractivity contribution in [3.63, 3.8) is 0 Å². The zero-order valence-corrected chi connectivity index (χ0v) is 16.1. The quantitative estimate of drug-likeness (QED) is 0.518. The minimum absolute atomic E-state index is 0.262. The Balaban J connectivity index is 1.72. The molecule has 1 N–H and O–H groups in total. The van der Waals surface area contributed by atoms with Crippen molar-refractivity contribution in [2.75, 3.05) is 31.2 Å². The Labute approximate surface area is 157 Å². The second-order valence-electron chi connectivity index (χ2n) is 5.21. The van der Waals surface area contributed by atoms with Crippen LogP contribution in [0, 0.1) is 3.57 Å². The van der Waals surface area contributed by atoms with Crippen molar-refractivity contribution in [1.82, 2.24) is 0 Å². The van der Waals surface area contributed by atoms with Crippen molar-refractivity contribution >= 4 is 56.1 Å². The first-order valence-corrected chi connectivity index (χ1v) is 9.15. The predicted octanol–water partition coefficient (Wildman–Crippen LogP) is 4.35. The van der Waals surface area contributed by atoms with Crippen LogP contribution in [0.15, 0.2) is 45.9 Å². The number of morpholine rings is 1. The van der Waals surface area contributed by atoms with Crippen molar-refractivity contribution in [3.8, 4) is 5.75 Å². The van der Waals surface area contributed by atoms with Gasteiger partial charge in [-0.2, -0.15) is 0 Å². The van der Waals surface area contributed by atoms with Crippen LogP contribution in [-0.2, 0) is 4.74 Å². The summed E-state index contributed by atoms with van der Waals surface area (Å²) in [6.07, 6.45) is 1.80. The van der Waals surface area contributed by atoms with Crippen LogP contribution >= 0.6 is 38.5 Å². The van der Waals surface area contributed by atoms with Gasteiger partial charge in [0, 0.05) is 25.0 Å². The van der Waals surface area contributed by atoms with E-state index in [0.29, 0.717) is 4.47 Å². The zero-order chi connectivity index (χ0) is 16.2. The molecular weight excluding hydrogens is 471 g/mol. The number of ether oxygens (including phenoxy) is 1. The number of phenolic OH excluding ortho intramolecular Hbond substituents is 1. The normalized spacial score (nSPS) is 15.3. The fourth-order valence-corrected chi connectivity index (χ4v) is 3.88. The number of anilines is 1. The van der Waals surface area contributed by atoms with Crippen LogP contribution < -0.4 is 4.90 Å². The van der Waals surface area contributed by atoms with Crippen molar-refractivity contribution in [3.05, 3.63) is 50.0 Å². The molecule has 6 heteroatoms. The first kappa shape index (κ1) is 16.7. The molecule has 0 amide bonds. The van der Waals surface area contributed by atoms with Gasteiger partial charge < -0.3 is 14.7 Å². The number of halogens is 2. The van der Waals surface area contributed by atoms with Gasteiger partial charge in [0.05, 0.1) is 26.9 Å². The Morgan fingerprint density at radius 2 is 1.87 bits per heavy atom. The molecule has 1 saturated heterocycles. The van der Waals surface area contributed by atoms with Crippen molar-refractivity contribution < 1.29 is 9.84 Å². The summed E-state index contributed by atoms with van der Waals surface area (Å²) in [5.41, 5.74) is 3.05. The predicted molar refractivity (Wildman–Crippen MR) is 105 cm³/mol. The molecule has 0 atom stereocenters. The summed E-state index contributed by atoms with van der Waals surface area (Å²) in [6, 6.07) is 12.0. The highest BCUT2D eigenvalue weighted by atomic mass is 127. The molecule has 1 fully saturated rings. The van der Waals surface area contributed by atoms with E-state index in [4.69, 9.17) is 4.74 Å². The number of hydrogen-bond acceptors (Lipinski definition) is 4. The van der Waals surface area contributed by atoms with Crippen LogP contribution in [-0.4, -0.2) is 37.6 Å². The minimum atomic E-state index is 0.262. The van der Waals surface area contributed by atoms with Crippen LogP contribution in [0.1, 0.15) is 5.56 Å². The lowest BCUT2D eigenvalue weighted by Crippen LogP contribution is -2.36. The molecule has 0 saturated carbocycles. The van der Waals surface area contributed by atoms with E-state index in [1.165, 1.54) is 5.69 Å². The minimum Gasteiger partial charge on any atom is -0.506 e. The molecule has 0 aliphatic carbocycles. The molecule has 1 aliphatic heterocycles. The van der Waals surface area contributed by atoms with Gasteiger partial charge in [0.25, 0.3) is 0 Å². The number of rotatable bonds is 3. The fourth-order valence-electron chi connectivity index (χ4n) is 2.38. The molecular formula is C17H16BrIN2O2. The Morgan fingerprint density at radius 1 is 1.17 bits per heavy atom. The fraction of sp³-hybridized carbons (Fsp3) is 0.235. The van der Waals surface area contributed by atoms with Gasteiger partial charge in [-0.1, -0.05) is 0 Å². The molecule has 1 aliphatic rings. The van der Waals surface area contributed by atoms with E-state index in [1.807, 2.05) is 24.3 Å². The zero-order valence-electron chi connectivity index (χ0n) is 12.4. The summed E-state index contributed by atoms with van der Waals surface area (Å²) in [7, 11) is 0. The van der Waals surface area contributed by atoms with Crippen LogP contribution in [0.4, 0.5) is 11.4 Å². The highest BCUT2D eigenvalue weighted by molar-refractivity contribution is 14.1. The Hall–Kier alpha value is -1.12. The topological polar surface area (TPSA) is 45.1 Å². The monoisotopic (exact) mass is 486 g/mol. The Bertz CT molecular complexity index is 690. The summed E-state index contributed by atoms with van der Waals surface area (Å²) in [5.74, 6) is 0.262. The smallest absolute Gasteiger partial charge is 0.143 e. The Kier molecular flexibility index (Phi) is 5.55. The van der Waals surface area contributed by atoms with Gasteiger partial charge in [0.15, 0.2) is 0 Å². The molecule has 0 aromatic heterocycles. The van der Waals surface area contributed by atoms with Gasteiger partial charge >= 0.3 is 0 Å². The number of nitrogens with zero attached hydrogens (tertiary/aromatic N) is 2. The molecule has 0 spiro atoms. The first-order valence-electron chi connectivity index (χ1n) is 7.28. The molecule has 2 aromatic rings.